The van der Waals surface area contributed by atoms with E-state index in [4.69, 9.17) is 9.47 Å². The lowest BCUT2D eigenvalue weighted by Crippen LogP contribution is -2.30. The van der Waals surface area contributed by atoms with E-state index in [-0.39, 0.29) is 23.5 Å². The number of rotatable bonds is 6. The lowest BCUT2D eigenvalue weighted by atomic mass is 9.89. The molecule has 0 saturated carbocycles. The number of hydrogen-bond acceptors (Lipinski definition) is 6. The summed E-state index contributed by atoms with van der Waals surface area (Å²) in [6.45, 7) is 6.13. The van der Waals surface area contributed by atoms with Gasteiger partial charge < -0.3 is 9.47 Å². The summed E-state index contributed by atoms with van der Waals surface area (Å²) in [7, 11) is 0. The highest BCUT2D eigenvalue weighted by molar-refractivity contribution is 7.81. The van der Waals surface area contributed by atoms with Crippen molar-refractivity contribution in [3.8, 4) is 0 Å². The van der Waals surface area contributed by atoms with Crippen LogP contribution >= 0.6 is 25.3 Å². The Labute approximate surface area is 113 Å². The molecule has 0 N–H and O–H groups in total. The minimum atomic E-state index is -0.432. The van der Waals surface area contributed by atoms with Crippen molar-refractivity contribution in [1.82, 2.24) is 0 Å². The first-order valence-corrected chi connectivity index (χ1v) is 6.62. The monoisotopic (exact) mass is 280 g/mol. The van der Waals surface area contributed by atoms with E-state index in [0.29, 0.717) is 6.42 Å². The molecule has 0 aliphatic rings. The van der Waals surface area contributed by atoms with Gasteiger partial charge in [0, 0.05) is 0 Å². The first kappa shape index (κ1) is 16.6. The Morgan fingerprint density at radius 1 is 1.12 bits per heavy atom. The number of carbonyl (C=O) groups is 2. The molecule has 6 heteroatoms. The van der Waals surface area contributed by atoms with Crippen LogP contribution in [0.2, 0.25) is 0 Å². The Morgan fingerprint density at radius 3 is 2.06 bits per heavy atom. The Morgan fingerprint density at radius 2 is 1.65 bits per heavy atom. The van der Waals surface area contributed by atoms with E-state index in [9.17, 15) is 9.59 Å². The fraction of sp³-hybridized carbons (Fsp3) is 0.818. The normalized spacial score (nSPS) is 13.0. The second kappa shape index (κ2) is 7.87. The smallest absolute Gasteiger partial charge is 0.316 e. The number of thiol groups is 2. The average Bonchev–Trinajstić information content (AvgIpc) is 2.23. The van der Waals surface area contributed by atoms with Gasteiger partial charge >= 0.3 is 11.9 Å². The van der Waals surface area contributed by atoms with Gasteiger partial charge in [-0.3, -0.25) is 9.59 Å². The van der Waals surface area contributed by atoms with Crippen molar-refractivity contribution in [3.05, 3.63) is 0 Å². The Kier molecular flexibility index (Phi) is 7.70. The van der Waals surface area contributed by atoms with Gasteiger partial charge in [-0.2, -0.15) is 25.3 Å². The summed E-state index contributed by atoms with van der Waals surface area (Å²) in [4.78, 5) is 22.2. The van der Waals surface area contributed by atoms with Gasteiger partial charge in [-0.05, 0) is 11.8 Å². The first-order chi connectivity index (χ1) is 7.78. The highest BCUT2D eigenvalue weighted by atomic mass is 32.1. The fourth-order valence-electron chi connectivity index (χ4n) is 1.27. The fourth-order valence-corrected chi connectivity index (χ4v) is 1.44. The van der Waals surface area contributed by atoms with Gasteiger partial charge in [0.05, 0.1) is 11.5 Å². The van der Waals surface area contributed by atoms with Crippen molar-refractivity contribution in [1.29, 1.82) is 0 Å². The molecular formula is C11H20O4S2. The second-order valence-corrected chi connectivity index (χ2v) is 5.51. The Hall–Kier alpha value is -0.360. The molecule has 0 saturated heterocycles. The number of ether oxygens (including phenoxy) is 2. The Bertz CT molecular complexity index is 261. The first-order valence-electron chi connectivity index (χ1n) is 5.35. The van der Waals surface area contributed by atoms with E-state index in [0.717, 1.165) is 0 Å². The molecule has 0 heterocycles. The molecule has 0 aromatic carbocycles. The maximum absolute atomic E-state index is 11.2. The van der Waals surface area contributed by atoms with Gasteiger partial charge in [-0.15, -0.1) is 0 Å². The van der Waals surface area contributed by atoms with Crippen molar-refractivity contribution < 1.29 is 19.1 Å². The summed E-state index contributed by atoms with van der Waals surface area (Å²) in [6.07, 6.45) is 0.185. The van der Waals surface area contributed by atoms with Gasteiger partial charge in [-0.25, -0.2) is 0 Å². The third-order valence-electron chi connectivity index (χ3n) is 1.83. The molecule has 17 heavy (non-hydrogen) atoms. The van der Waals surface area contributed by atoms with Crippen molar-refractivity contribution in [2.24, 2.45) is 5.41 Å². The van der Waals surface area contributed by atoms with E-state index in [1.807, 2.05) is 20.8 Å². The van der Waals surface area contributed by atoms with Crippen molar-refractivity contribution in [3.63, 3.8) is 0 Å². The van der Waals surface area contributed by atoms with Crippen LogP contribution in [0.5, 0.6) is 0 Å². The summed E-state index contributed by atoms with van der Waals surface area (Å²) in [6, 6.07) is 0. The van der Waals surface area contributed by atoms with Gasteiger partial charge in [0.1, 0.15) is 12.7 Å². The summed E-state index contributed by atoms with van der Waals surface area (Å²) >= 11 is 7.63. The molecule has 4 nitrogen and oxygen atoms in total. The summed E-state index contributed by atoms with van der Waals surface area (Å²) < 4.78 is 10.1. The highest BCUT2D eigenvalue weighted by Crippen LogP contribution is 2.22. The molecule has 1 atom stereocenters. The topological polar surface area (TPSA) is 52.6 Å². The Balaban J connectivity index is 4.30. The quantitative estimate of drug-likeness (QED) is 0.575. The molecule has 0 amide bonds. The van der Waals surface area contributed by atoms with Gasteiger partial charge in [-0.1, -0.05) is 20.8 Å². The SMILES string of the molecule is CC(C)(C)CC(COC(=O)CS)OC(=O)CS. The molecule has 0 spiro atoms. The zero-order chi connectivity index (χ0) is 13.5. The van der Waals surface area contributed by atoms with Gasteiger partial charge in [0.25, 0.3) is 0 Å². The zero-order valence-electron chi connectivity index (χ0n) is 10.4. The minimum absolute atomic E-state index is 0.0150. The van der Waals surface area contributed by atoms with Crippen LogP contribution in [-0.2, 0) is 19.1 Å². The molecule has 1 unspecified atom stereocenters. The standard InChI is InChI=1S/C11H20O4S2/c1-11(2,3)4-8(15-10(13)7-17)5-14-9(12)6-16/h8,16-17H,4-7H2,1-3H3. The van der Waals surface area contributed by atoms with Crippen molar-refractivity contribution in [2.45, 2.75) is 33.3 Å². The number of carbonyl (C=O) groups excluding carboxylic acids is 2. The molecule has 0 rings (SSSR count). The summed E-state index contributed by atoms with van der Waals surface area (Å²) in [5, 5.41) is 0. The zero-order valence-corrected chi connectivity index (χ0v) is 12.2. The van der Waals surface area contributed by atoms with Crippen LogP contribution < -0.4 is 0 Å². The van der Waals surface area contributed by atoms with Crippen LogP contribution in [0.4, 0.5) is 0 Å². The molecule has 0 bridgehead atoms. The van der Waals surface area contributed by atoms with Crippen LogP contribution in [0.15, 0.2) is 0 Å². The van der Waals surface area contributed by atoms with E-state index >= 15 is 0 Å². The molecule has 0 aliphatic carbocycles. The summed E-state index contributed by atoms with van der Waals surface area (Å²) in [5.74, 6) is -0.803. The molecular weight excluding hydrogens is 260 g/mol. The number of hydrogen-bond donors (Lipinski definition) is 2. The average molecular weight is 280 g/mol. The predicted molar refractivity (Wildman–Crippen MR) is 72.6 cm³/mol. The van der Waals surface area contributed by atoms with Crippen LogP contribution in [0.3, 0.4) is 0 Å². The molecule has 0 fully saturated rings. The third-order valence-corrected chi connectivity index (χ3v) is 2.34. The molecule has 0 aromatic rings. The molecule has 0 radical (unpaired) electrons. The highest BCUT2D eigenvalue weighted by Gasteiger charge is 2.23. The van der Waals surface area contributed by atoms with E-state index in [2.05, 4.69) is 25.3 Å². The second-order valence-electron chi connectivity index (χ2n) is 4.88. The van der Waals surface area contributed by atoms with Crippen LogP contribution in [0.25, 0.3) is 0 Å². The van der Waals surface area contributed by atoms with Crippen molar-refractivity contribution >= 4 is 37.2 Å². The van der Waals surface area contributed by atoms with E-state index in [1.165, 1.54) is 0 Å². The van der Waals surface area contributed by atoms with Crippen LogP contribution in [0, 0.1) is 5.41 Å². The molecule has 0 aliphatic heterocycles. The maximum Gasteiger partial charge on any atom is 0.316 e. The minimum Gasteiger partial charge on any atom is -0.461 e. The third kappa shape index (κ3) is 9.35. The lowest BCUT2D eigenvalue weighted by Gasteiger charge is -2.25. The van der Waals surface area contributed by atoms with E-state index < -0.39 is 18.0 Å². The van der Waals surface area contributed by atoms with Crippen LogP contribution in [-0.4, -0.2) is 36.2 Å². The lowest BCUT2D eigenvalue weighted by molar-refractivity contribution is -0.157. The van der Waals surface area contributed by atoms with E-state index in [1.54, 1.807) is 0 Å². The summed E-state index contributed by atoms with van der Waals surface area (Å²) in [5.41, 5.74) is -0.0189. The van der Waals surface area contributed by atoms with Crippen molar-refractivity contribution in [2.75, 3.05) is 18.1 Å². The van der Waals surface area contributed by atoms with Gasteiger partial charge in [0.2, 0.25) is 0 Å². The largest absolute Gasteiger partial charge is 0.461 e. The van der Waals surface area contributed by atoms with Gasteiger partial charge in [0.15, 0.2) is 0 Å². The molecule has 100 valence electrons. The van der Waals surface area contributed by atoms with Crippen LogP contribution in [0.1, 0.15) is 27.2 Å². The number of esters is 2. The molecule has 0 aromatic heterocycles. The predicted octanol–water partition coefficient (Wildman–Crippen LogP) is 1.74. The maximum atomic E-state index is 11.2.